The Morgan fingerprint density at radius 1 is 1.07 bits per heavy atom. The molecule has 0 saturated carbocycles. The van der Waals surface area contributed by atoms with Gasteiger partial charge in [0.25, 0.3) is 0 Å². The number of hydrogen-bond acceptors (Lipinski definition) is 3. The quantitative estimate of drug-likeness (QED) is 0.890. The van der Waals surface area contributed by atoms with Crippen LogP contribution in [0.4, 0.5) is 11.6 Å². The van der Waals surface area contributed by atoms with Crippen LogP contribution in [0.15, 0.2) is 47.2 Å². The molecule has 0 fully saturated rings. The Morgan fingerprint density at radius 2 is 1.86 bits per heavy atom. The number of halogens is 1. The third-order valence-corrected chi connectivity index (χ3v) is 2.14. The minimum atomic E-state index is 0.602. The summed E-state index contributed by atoms with van der Waals surface area (Å²) in [5.74, 6) is 0.602. The molecule has 2 aromatic rings. The van der Waals surface area contributed by atoms with Gasteiger partial charge in [0.2, 0.25) is 5.95 Å². The number of rotatable bonds is 2. The number of nitrogens with one attached hydrogen (secondary N) is 1. The van der Waals surface area contributed by atoms with Crippen molar-refractivity contribution >= 4 is 27.6 Å². The molecule has 0 bridgehead atoms. The maximum Gasteiger partial charge on any atom is 0.227 e. The summed E-state index contributed by atoms with van der Waals surface area (Å²) in [5.41, 5.74) is 0.963. The largest absolute Gasteiger partial charge is 0.324 e. The number of anilines is 2. The van der Waals surface area contributed by atoms with Crippen molar-refractivity contribution in [3.05, 3.63) is 47.2 Å². The molecule has 0 aliphatic carbocycles. The first-order valence-corrected chi connectivity index (χ1v) is 4.93. The number of aromatic nitrogens is 2. The molecule has 0 saturated heterocycles. The molecule has 1 aromatic carbocycles. The highest BCUT2D eigenvalue weighted by Gasteiger charge is 1.95. The third kappa shape index (κ3) is 2.29. The topological polar surface area (TPSA) is 37.8 Å². The zero-order valence-electron chi connectivity index (χ0n) is 7.31. The van der Waals surface area contributed by atoms with Crippen LogP contribution in [0.5, 0.6) is 0 Å². The molecule has 0 aliphatic rings. The molecule has 0 spiro atoms. The zero-order chi connectivity index (χ0) is 9.80. The SMILES string of the molecule is Brc1cccc(Nc2ncccn2)c1. The van der Waals surface area contributed by atoms with Crippen LogP contribution in [0.3, 0.4) is 0 Å². The first-order valence-electron chi connectivity index (χ1n) is 4.14. The molecule has 14 heavy (non-hydrogen) atoms. The van der Waals surface area contributed by atoms with Gasteiger partial charge in [-0.1, -0.05) is 22.0 Å². The second-order valence-corrected chi connectivity index (χ2v) is 3.62. The Labute approximate surface area is 90.3 Å². The average Bonchev–Trinajstić information content (AvgIpc) is 2.19. The smallest absolute Gasteiger partial charge is 0.227 e. The van der Waals surface area contributed by atoms with Gasteiger partial charge in [-0.15, -0.1) is 0 Å². The Morgan fingerprint density at radius 3 is 2.57 bits per heavy atom. The highest BCUT2D eigenvalue weighted by atomic mass is 79.9. The monoisotopic (exact) mass is 249 g/mol. The molecule has 1 N–H and O–H groups in total. The molecule has 0 radical (unpaired) electrons. The standard InChI is InChI=1S/C10H8BrN3/c11-8-3-1-4-9(7-8)14-10-12-5-2-6-13-10/h1-7H,(H,12,13,14). The fraction of sp³-hybridized carbons (Fsp3) is 0. The summed E-state index contributed by atoms with van der Waals surface area (Å²) in [6, 6.07) is 9.63. The van der Waals surface area contributed by atoms with E-state index in [0.717, 1.165) is 10.2 Å². The van der Waals surface area contributed by atoms with E-state index in [1.54, 1.807) is 18.5 Å². The zero-order valence-corrected chi connectivity index (χ0v) is 8.90. The van der Waals surface area contributed by atoms with E-state index in [1.807, 2.05) is 24.3 Å². The van der Waals surface area contributed by atoms with Gasteiger partial charge in [-0.25, -0.2) is 9.97 Å². The van der Waals surface area contributed by atoms with Gasteiger partial charge < -0.3 is 5.32 Å². The van der Waals surface area contributed by atoms with Crippen molar-refractivity contribution in [3.8, 4) is 0 Å². The number of benzene rings is 1. The Hall–Kier alpha value is -1.42. The van der Waals surface area contributed by atoms with E-state index in [1.165, 1.54) is 0 Å². The molecule has 70 valence electrons. The molecule has 0 aliphatic heterocycles. The summed E-state index contributed by atoms with van der Waals surface area (Å²) in [4.78, 5) is 8.13. The van der Waals surface area contributed by atoms with E-state index < -0.39 is 0 Å². The summed E-state index contributed by atoms with van der Waals surface area (Å²) < 4.78 is 1.03. The predicted octanol–water partition coefficient (Wildman–Crippen LogP) is 2.98. The van der Waals surface area contributed by atoms with E-state index in [-0.39, 0.29) is 0 Å². The lowest BCUT2D eigenvalue weighted by atomic mass is 10.3. The maximum atomic E-state index is 4.07. The highest BCUT2D eigenvalue weighted by Crippen LogP contribution is 2.17. The van der Waals surface area contributed by atoms with Crippen LogP contribution in [-0.4, -0.2) is 9.97 Å². The fourth-order valence-corrected chi connectivity index (χ4v) is 1.46. The van der Waals surface area contributed by atoms with Crippen molar-refractivity contribution in [2.45, 2.75) is 0 Å². The summed E-state index contributed by atoms with van der Waals surface area (Å²) in [6.07, 6.45) is 3.40. The second kappa shape index (κ2) is 4.19. The molecule has 0 atom stereocenters. The van der Waals surface area contributed by atoms with Crippen LogP contribution >= 0.6 is 15.9 Å². The van der Waals surface area contributed by atoms with Crippen LogP contribution in [0.2, 0.25) is 0 Å². The van der Waals surface area contributed by atoms with Crippen molar-refractivity contribution in [1.82, 2.24) is 9.97 Å². The first kappa shape index (κ1) is 9.15. The first-order chi connectivity index (χ1) is 6.84. The van der Waals surface area contributed by atoms with E-state index in [2.05, 4.69) is 31.2 Å². The average molecular weight is 250 g/mol. The lowest BCUT2D eigenvalue weighted by Gasteiger charge is -2.03. The summed E-state index contributed by atoms with van der Waals surface area (Å²) in [7, 11) is 0. The summed E-state index contributed by atoms with van der Waals surface area (Å²) >= 11 is 3.39. The van der Waals surface area contributed by atoms with Gasteiger partial charge in [-0.3, -0.25) is 0 Å². The molecule has 3 nitrogen and oxygen atoms in total. The molecule has 4 heteroatoms. The van der Waals surface area contributed by atoms with Crippen LogP contribution in [0.1, 0.15) is 0 Å². The molecule has 2 rings (SSSR count). The molecule has 1 aromatic heterocycles. The number of hydrogen-bond donors (Lipinski definition) is 1. The molecule has 1 heterocycles. The maximum absolute atomic E-state index is 4.07. The molecular weight excluding hydrogens is 242 g/mol. The van der Waals surface area contributed by atoms with Gasteiger partial charge in [-0.2, -0.15) is 0 Å². The van der Waals surface area contributed by atoms with Gasteiger partial charge >= 0.3 is 0 Å². The minimum absolute atomic E-state index is 0.602. The van der Waals surface area contributed by atoms with Crippen molar-refractivity contribution in [3.63, 3.8) is 0 Å². The minimum Gasteiger partial charge on any atom is -0.324 e. The normalized spacial score (nSPS) is 9.79. The van der Waals surface area contributed by atoms with Gasteiger partial charge in [-0.05, 0) is 24.3 Å². The van der Waals surface area contributed by atoms with Crippen LogP contribution in [-0.2, 0) is 0 Å². The van der Waals surface area contributed by atoms with Crippen molar-refractivity contribution in [2.75, 3.05) is 5.32 Å². The second-order valence-electron chi connectivity index (χ2n) is 2.71. The Balaban J connectivity index is 2.19. The van der Waals surface area contributed by atoms with Gasteiger partial charge in [0.15, 0.2) is 0 Å². The fourth-order valence-electron chi connectivity index (χ4n) is 1.06. The van der Waals surface area contributed by atoms with Crippen molar-refractivity contribution < 1.29 is 0 Å². The van der Waals surface area contributed by atoms with E-state index >= 15 is 0 Å². The lowest BCUT2D eigenvalue weighted by Crippen LogP contribution is -1.94. The third-order valence-electron chi connectivity index (χ3n) is 1.65. The summed E-state index contributed by atoms with van der Waals surface area (Å²) in [5, 5.41) is 3.09. The van der Waals surface area contributed by atoms with Gasteiger partial charge in [0.05, 0.1) is 0 Å². The molecular formula is C10H8BrN3. The molecule has 0 unspecified atom stereocenters. The van der Waals surface area contributed by atoms with E-state index in [4.69, 9.17) is 0 Å². The Kier molecular flexibility index (Phi) is 2.74. The van der Waals surface area contributed by atoms with Crippen molar-refractivity contribution in [1.29, 1.82) is 0 Å². The van der Waals surface area contributed by atoms with E-state index in [9.17, 15) is 0 Å². The highest BCUT2D eigenvalue weighted by molar-refractivity contribution is 9.10. The predicted molar refractivity (Wildman–Crippen MR) is 59.5 cm³/mol. The van der Waals surface area contributed by atoms with Crippen LogP contribution in [0, 0.1) is 0 Å². The van der Waals surface area contributed by atoms with Gasteiger partial charge in [0, 0.05) is 22.6 Å². The molecule has 0 amide bonds. The van der Waals surface area contributed by atoms with Crippen molar-refractivity contribution in [2.24, 2.45) is 0 Å². The van der Waals surface area contributed by atoms with Crippen LogP contribution < -0.4 is 5.32 Å². The van der Waals surface area contributed by atoms with Crippen LogP contribution in [0.25, 0.3) is 0 Å². The van der Waals surface area contributed by atoms with E-state index in [0.29, 0.717) is 5.95 Å². The van der Waals surface area contributed by atoms with Gasteiger partial charge in [0.1, 0.15) is 0 Å². The Bertz CT molecular complexity index is 417. The number of nitrogens with zero attached hydrogens (tertiary/aromatic N) is 2. The lowest BCUT2D eigenvalue weighted by molar-refractivity contribution is 1.17. The summed E-state index contributed by atoms with van der Waals surface area (Å²) in [6.45, 7) is 0.